The van der Waals surface area contributed by atoms with E-state index in [0.29, 0.717) is 0 Å². The fourth-order valence-corrected chi connectivity index (χ4v) is 3.76. The van der Waals surface area contributed by atoms with Crippen LogP contribution in [0.2, 0.25) is 0 Å². The molecule has 5 atom stereocenters. The van der Waals surface area contributed by atoms with Crippen LogP contribution in [0.3, 0.4) is 0 Å². The van der Waals surface area contributed by atoms with Crippen LogP contribution >= 0.6 is 0 Å². The van der Waals surface area contributed by atoms with Gasteiger partial charge in [-0.2, -0.15) is 0 Å². The van der Waals surface area contributed by atoms with E-state index < -0.39 is 47.2 Å². The van der Waals surface area contributed by atoms with Gasteiger partial charge in [0, 0.05) is 0 Å². The molecular formula is C18H30O8. The van der Waals surface area contributed by atoms with Gasteiger partial charge in [-0.15, -0.1) is 0 Å². The van der Waals surface area contributed by atoms with Crippen LogP contribution in [0.4, 0.5) is 0 Å². The summed E-state index contributed by atoms with van der Waals surface area (Å²) in [6.07, 6.45) is -3.12. The Kier molecular flexibility index (Phi) is 4.70. The van der Waals surface area contributed by atoms with Gasteiger partial charge in [-0.1, -0.05) is 0 Å². The molecule has 0 aromatic carbocycles. The molecule has 150 valence electrons. The minimum atomic E-state index is -1.52. The molecular weight excluding hydrogens is 344 g/mol. The molecule has 3 rings (SSSR count). The first-order chi connectivity index (χ1) is 11.7. The van der Waals surface area contributed by atoms with E-state index in [-0.39, 0.29) is 19.1 Å². The van der Waals surface area contributed by atoms with Gasteiger partial charge in [0.1, 0.15) is 30.0 Å². The Balaban J connectivity index is 1.82. The van der Waals surface area contributed by atoms with Crippen molar-refractivity contribution in [1.29, 1.82) is 0 Å². The standard InChI is InChI=1S/C18H30O8/c1-15(2,3)23-12(20)8-11(19)18-14(25-17(6,7)26-18)13-10(9-21-18)22-16(4,5)24-13/h10-11,13-14,19H,8-9H2,1-7H3/t10-,11-,13-,14+,18+/m1/s1. The average Bonchev–Trinajstić information content (AvgIpc) is 2.88. The van der Waals surface area contributed by atoms with Gasteiger partial charge in [-0.25, -0.2) is 0 Å². The fraction of sp³-hybridized carbons (Fsp3) is 0.944. The van der Waals surface area contributed by atoms with Crippen molar-refractivity contribution in [2.24, 2.45) is 0 Å². The van der Waals surface area contributed by atoms with Crippen LogP contribution in [-0.2, 0) is 33.2 Å². The van der Waals surface area contributed by atoms with E-state index in [1.54, 1.807) is 34.6 Å². The molecule has 0 unspecified atom stereocenters. The summed E-state index contributed by atoms with van der Waals surface area (Å²) in [5, 5.41) is 10.9. The molecule has 0 bridgehead atoms. The number of hydrogen-bond donors (Lipinski definition) is 1. The molecule has 3 aliphatic heterocycles. The van der Waals surface area contributed by atoms with Gasteiger partial charge in [0.25, 0.3) is 0 Å². The maximum atomic E-state index is 12.2. The van der Waals surface area contributed by atoms with Crippen LogP contribution in [0.5, 0.6) is 0 Å². The highest BCUT2D eigenvalue weighted by Gasteiger charge is 2.68. The maximum Gasteiger partial charge on any atom is 0.309 e. The van der Waals surface area contributed by atoms with E-state index in [9.17, 15) is 9.90 Å². The van der Waals surface area contributed by atoms with E-state index in [1.807, 2.05) is 13.8 Å². The zero-order valence-electron chi connectivity index (χ0n) is 16.5. The van der Waals surface area contributed by atoms with E-state index in [4.69, 9.17) is 28.4 Å². The largest absolute Gasteiger partial charge is 0.460 e. The molecule has 0 aliphatic carbocycles. The molecule has 0 radical (unpaired) electrons. The molecule has 1 N–H and O–H groups in total. The number of aliphatic hydroxyl groups is 1. The second-order valence-electron chi connectivity index (χ2n) is 9.02. The van der Waals surface area contributed by atoms with E-state index >= 15 is 0 Å². The number of fused-ring (bicyclic) bond motifs is 3. The fourth-order valence-electron chi connectivity index (χ4n) is 3.76. The molecule has 0 aromatic rings. The first kappa shape index (κ1) is 20.0. The molecule has 3 saturated heterocycles. The van der Waals surface area contributed by atoms with E-state index in [1.165, 1.54) is 0 Å². The Bertz CT molecular complexity index is 566. The molecule has 0 aromatic heterocycles. The quantitative estimate of drug-likeness (QED) is 0.743. The first-order valence-electron chi connectivity index (χ1n) is 9.01. The molecule has 0 amide bonds. The van der Waals surface area contributed by atoms with Crippen molar-refractivity contribution in [3.8, 4) is 0 Å². The minimum absolute atomic E-state index is 0.162. The lowest BCUT2D eigenvalue weighted by Crippen LogP contribution is -2.64. The Morgan fingerprint density at radius 3 is 2.42 bits per heavy atom. The average molecular weight is 374 g/mol. The first-order valence-corrected chi connectivity index (χ1v) is 9.01. The third-order valence-corrected chi connectivity index (χ3v) is 4.45. The third kappa shape index (κ3) is 3.76. The van der Waals surface area contributed by atoms with Crippen LogP contribution in [0.1, 0.15) is 54.9 Å². The summed E-state index contributed by atoms with van der Waals surface area (Å²) in [7, 11) is 0. The highest BCUT2D eigenvalue weighted by atomic mass is 16.9. The maximum absolute atomic E-state index is 12.2. The van der Waals surface area contributed by atoms with Crippen LogP contribution in [0.25, 0.3) is 0 Å². The number of aliphatic hydroxyl groups excluding tert-OH is 1. The smallest absolute Gasteiger partial charge is 0.309 e. The molecule has 26 heavy (non-hydrogen) atoms. The van der Waals surface area contributed by atoms with Crippen LogP contribution in [0.15, 0.2) is 0 Å². The van der Waals surface area contributed by atoms with Crippen molar-refractivity contribution in [3.63, 3.8) is 0 Å². The lowest BCUT2D eigenvalue weighted by molar-refractivity contribution is -0.318. The summed E-state index contributed by atoms with van der Waals surface area (Å²) >= 11 is 0. The van der Waals surface area contributed by atoms with Crippen molar-refractivity contribution in [3.05, 3.63) is 0 Å². The summed E-state index contributed by atoms with van der Waals surface area (Å²) in [6, 6.07) is 0. The van der Waals surface area contributed by atoms with Gasteiger partial charge in [-0.05, 0) is 48.5 Å². The van der Waals surface area contributed by atoms with Crippen molar-refractivity contribution < 1.29 is 38.3 Å². The molecule has 3 fully saturated rings. The second kappa shape index (κ2) is 6.12. The molecule has 0 saturated carbocycles. The number of esters is 1. The van der Waals surface area contributed by atoms with Gasteiger partial charge < -0.3 is 33.5 Å². The molecule has 0 spiro atoms. The number of carbonyl (C=O) groups excluding carboxylic acids is 1. The van der Waals surface area contributed by atoms with Crippen molar-refractivity contribution in [2.45, 2.75) is 102 Å². The number of carbonyl (C=O) groups is 1. The van der Waals surface area contributed by atoms with Gasteiger partial charge >= 0.3 is 5.97 Å². The SMILES string of the molecule is CC(C)(C)OC(=O)C[C@@H](O)[C@@]12OC[C@H]3OC(C)(C)O[C@H]3[C@@H]1OC(C)(C)O2. The summed E-state index contributed by atoms with van der Waals surface area (Å²) < 4.78 is 35.0. The van der Waals surface area contributed by atoms with Crippen LogP contribution < -0.4 is 0 Å². The number of rotatable bonds is 3. The highest BCUT2D eigenvalue weighted by Crippen LogP contribution is 2.49. The van der Waals surface area contributed by atoms with Crippen molar-refractivity contribution in [1.82, 2.24) is 0 Å². The monoisotopic (exact) mass is 374 g/mol. The Morgan fingerprint density at radius 1 is 1.15 bits per heavy atom. The predicted octanol–water partition coefficient (Wildman–Crippen LogP) is 1.48. The Hall–Kier alpha value is -0.770. The van der Waals surface area contributed by atoms with Crippen LogP contribution in [0, 0.1) is 0 Å². The topological polar surface area (TPSA) is 92.7 Å². The zero-order chi connectivity index (χ0) is 19.5. The van der Waals surface area contributed by atoms with Gasteiger partial charge in [-0.3, -0.25) is 4.79 Å². The van der Waals surface area contributed by atoms with Gasteiger partial charge in [0.05, 0.1) is 13.0 Å². The zero-order valence-corrected chi connectivity index (χ0v) is 16.5. The molecule has 3 heterocycles. The van der Waals surface area contributed by atoms with Gasteiger partial charge in [0.15, 0.2) is 11.6 Å². The van der Waals surface area contributed by atoms with E-state index in [0.717, 1.165) is 0 Å². The lowest BCUT2D eigenvalue weighted by atomic mass is 9.91. The Morgan fingerprint density at radius 2 is 1.81 bits per heavy atom. The van der Waals surface area contributed by atoms with Gasteiger partial charge in [0.2, 0.25) is 5.79 Å². The highest BCUT2D eigenvalue weighted by molar-refractivity contribution is 5.70. The van der Waals surface area contributed by atoms with E-state index in [2.05, 4.69) is 0 Å². The normalized spacial score (nSPS) is 39.2. The molecule has 8 heteroatoms. The second-order valence-corrected chi connectivity index (χ2v) is 9.02. The Labute approximate surface area is 154 Å². The minimum Gasteiger partial charge on any atom is -0.460 e. The summed E-state index contributed by atoms with van der Waals surface area (Å²) in [4.78, 5) is 12.2. The summed E-state index contributed by atoms with van der Waals surface area (Å²) in [5.41, 5.74) is -0.648. The number of ether oxygens (including phenoxy) is 6. The summed E-state index contributed by atoms with van der Waals surface area (Å²) in [5.74, 6) is -3.86. The number of hydrogen-bond acceptors (Lipinski definition) is 8. The summed E-state index contributed by atoms with van der Waals surface area (Å²) in [6.45, 7) is 12.5. The van der Waals surface area contributed by atoms with Crippen molar-refractivity contribution >= 4 is 5.97 Å². The third-order valence-electron chi connectivity index (χ3n) is 4.45. The molecule has 8 nitrogen and oxygen atoms in total. The predicted molar refractivity (Wildman–Crippen MR) is 89.0 cm³/mol. The molecule has 3 aliphatic rings. The van der Waals surface area contributed by atoms with Crippen molar-refractivity contribution in [2.75, 3.05) is 6.61 Å². The van der Waals surface area contributed by atoms with Crippen LogP contribution in [-0.4, -0.2) is 65.1 Å². The lowest BCUT2D eigenvalue weighted by Gasteiger charge is -2.43.